The van der Waals surface area contributed by atoms with Gasteiger partial charge >= 0.3 is 0 Å². The Labute approximate surface area is 138 Å². The molecule has 2 unspecified atom stereocenters. The van der Waals surface area contributed by atoms with Crippen LogP contribution in [0.25, 0.3) is 0 Å². The van der Waals surface area contributed by atoms with Crippen LogP contribution in [0.3, 0.4) is 0 Å². The number of amides is 1. The number of ether oxygens (including phenoxy) is 2. The van der Waals surface area contributed by atoms with Gasteiger partial charge in [-0.3, -0.25) is 4.79 Å². The summed E-state index contributed by atoms with van der Waals surface area (Å²) in [6.07, 6.45) is -0.167. The van der Waals surface area contributed by atoms with Gasteiger partial charge in [0.2, 0.25) is 6.79 Å². The second-order valence-electron chi connectivity index (χ2n) is 5.98. The van der Waals surface area contributed by atoms with Gasteiger partial charge in [-0.15, -0.1) is 0 Å². The highest BCUT2D eigenvalue weighted by Crippen LogP contribution is 2.36. The number of carbonyl (C=O) groups excluding carboxylic acids is 1. The van der Waals surface area contributed by atoms with Gasteiger partial charge in [-0.05, 0) is 42.3 Å². The predicted octanol–water partition coefficient (Wildman–Crippen LogP) is 2.50. The molecule has 1 saturated heterocycles. The van der Waals surface area contributed by atoms with Crippen molar-refractivity contribution in [1.29, 1.82) is 0 Å². The Morgan fingerprint density at radius 2 is 1.88 bits per heavy atom. The molecule has 0 aromatic heterocycles. The Morgan fingerprint density at radius 1 is 1.12 bits per heavy atom. The number of nitrogens with zero attached hydrogens (tertiary/aromatic N) is 1. The molecule has 0 spiro atoms. The summed E-state index contributed by atoms with van der Waals surface area (Å²) in [5.41, 5.74) is 1.28. The molecule has 5 nitrogen and oxygen atoms in total. The normalized spacial score (nSPS) is 22.0. The number of halogens is 1. The quantitative estimate of drug-likeness (QED) is 0.920. The van der Waals surface area contributed by atoms with Crippen LogP contribution in [-0.2, 0) is 0 Å². The number of carbonyl (C=O) groups is 1. The summed E-state index contributed by atoms with van der Waals surface area (Å²) in [6, 6.07) is 10.8. The number of aliphatic hydroxyl groups is 1. The van der Waals surface area contributed by atoms with Crippen molar-refractivity contribution in [3.8, 4) is 11.5 Å². The van der Waals surface area contributed by atoms with E-state index < -0.39 is 6.10 Å². The van der Waals surface area contributed by atoms with Crippen LogP contribution in [-0.4, -0.2) is 35.4 Å². The van der Waals surface area contributed by atoms with Crippen LogP contribution < -0.4 is 9.47 Å². The van der Waals surface area contributed by atoms with E-state index in [1.165, 1.54) is 12.1 Å². The van der Waals surface area contributed by atoms with Crippen LogP contribution >= 0.6 is 0 Å². The first-order valence-corrected chi connectivity index (χ1v) is 7.76. The molecule has 1 N–H and O–H groups in total. The van der Waals surface area contributed by atoms with E-state index in [9.17, 15) is 14.3 Å². The van der Waals surface area contributed by atoms with Crippen LogP contribution in [0, 0.1) is 5.82 Å². The van der Waals surface area contributed by atoms with E-state index in [1.54, 1.807) is 35.2 Å². The molecular formula is C18H16FNO4. The van der Waals surface area contributed by atoms with Crippen molar-refractivity contribution in [2.24, 2.45) is 0 Å². The van der Waals surface area contributed by atoms with E-state index in [4.69, 9.17) is 9.47 Å². The van der Waals surface area contributed by atoms with Crippen LogP contribution in [0.2, 0.25) is 0 Å². The molecule has 2 aliphatic rings. The highest BCUT2D eigenvalue weighted by atomic mass is 19.1. The molecule has 0 saturated carbocycles. The number of hydrogen-bond donors (Lipinski definition) is 1. The SMILES string of the molecule is O=C(c1ccc2c(c1)OCO2)N1CC(O)CC1c1ccc(F)cc1. The van der Waals surface area contributed by atoms with Gasteiger partial charge in [-0.2, -0.15) is 0 Å². The maximum Gasteiger partial charge on any atom is 0.254 e. The largest absolute Gasteiger partial charge is 0.454 e. The molecule has 2 atom stereocenters. The van der Waals surface area contributed by atoms with E-state index in [1.807, 2.05) is 0 Å². The number of β-amino-alcohol motifs (C(OH)–C–C–N with tert-alkyl or cyclic N) is 1. The molecule has 2 aliphatic heterocycles. The monoisotopic (exact) mass is 329 g/mol. The first kappa shape index (κ1) is 15.0. The molecule has 2 aromatic rings. The maximum absolute atomic E-state index is 13.1. The van der Waals surface area contributed by atoms with Crippen LogP contribution in [0.15, 0.2) is 42.5 Å². The minimum atomic E-state index is -0.599. The average Bonchev–Trinajstić information content (AvgIpc) is 3.20. The van der Waals surface area contributed by atoms with Crippen molar-refractivity contribution >= 4 is 5.91 Å². The Bertz CT molecular complexity index is 777. The van der Waals surface area contributed by atoms with Crippen LogP contribution in [0.4, 0.5) is 4.39 Å². The Morgan fingerprint density at radius 3 is 2.67 bits per heavy atom. The van der Waals surface area contributed by atoms with E-state index in [0.717, 1.165) is 5.56 Å². The third-order valence-electron chi connectivity index (χ3n) is 4.41. The summed E-state index contributed by atoms with van der Waals surface area (Å²) >= 11 is 0. The fourth-order valence-electron chi connectivity index (χ4n) is 3.23. The van der Waals surface area contributed by atoms with Gasteiger partial charge in [-0.25, -0.2) is 4.39 Å². The van der Waals surface area contributed by atoms with Crippen LogP contribution in [0.1, 0.15) is 28.4 Å². The first-order chi connectivity index (χ1) is 11.6. The molecule has 0 bridgehead atoms. The molecule has 2 heterocycles. The fourth-order valence-corrected chi connectivity index (χ4v) is 3.23. The van der Waals surface area contributed by atoms with Gasteiger partial charge < -0.3 is 19.5 Å². The van der Waals surface area contributed by atoms with Crippen molar-refractivity contribution in [3.05, 3.63) is 59.4 Å². The second kappa shape index (κ2) is 5.79. The summed E-state index contributed by atoms with van der Waals surface area (Å²) in [7, 11) is 0. The summed E-state index contributed by atoms with van der Waals surface area (Å²) < 4.78 is 23.7. The predicted molar refractivity (Wildman–Crippen MR) is 83.4 cm³/mol. The van der Waals surface area contributed by atoms with Gasteiger partial charge in [-0.1, -0.05) is 12.1 Å². The molecule has 24 heavy (non-hydrogen) atoms. The molecule has 0 radical (unpaired) electrons. The minimum Gasteiger partial charge on any atom is -0.454 e. The Hall–Kier alpha value is -2.60. The van der Waals surface area contributed by atoms with Crippen molar-refractivity contribution in [2.45, 2.75) is 18.6 Å². The molecule has 124 valence electrons. The number of hydrogen-bond acceptors (Lipinski definition) is 4. The smallest absolute Gasteiger partial charge is 0.254 e. The number of fused-ring (bicyclic) bond motifs is 1. The second-order valence-corrected chi connectivity index (χ2v) is 5.98. The lowest BCUT2D eigenvalue weighted by molar-refractivity contribution is 0.0715. The first-order valence-electron chi connectivity index (χ1n) is 7.76. The zero-order chi connectivity index (χ0) is 16.7. The van der Waals surface area contributed by atoms with Gasteiger partial charge in [0, 0.05) is 12.1 Å². The Balaban J connectivity index is 1.63. The van der Waals surface area contributed by atoms with Crippen molar-refractivity contribution in [3.63, 3.8) is 0 Å². The summed E-state index contributed by atoms with van der Waals surface area (Å²) in [6.45, 7) is 0.392. The standard InChI is InChI=1S/C18H16FNO4/c19-13-4-1-11(2-5-13)15-8-14(21)9-20(15)18(22)12-3-6-16-17(7-12)24-10-23-16/h1-7,14-15,21H,8-10H2. The van der Waals surface area contributed by atoms with Gasteiger partial charge in [0.05, 0.1) is 12.1 Å². The molecule has 1 amide bonds. The highest BCUT2D eigenvalue weighted by molar-refractivity contribution is 5.95. The molecule has 1 fully saturated rings. The summed E-state index contributed by atoms with van der Waals surface area (Å²) in [5.74, 6) is 0.632. The van der Waals surface area contributed by atoms with Crippen molar-refractivity contribution < 1.29 is 23.8 Å². The third kappa shape index (κ3) is 2.59. The number of rotatable bonds is 2. The summed E-state index contributed by atoms with van der Waals surface area (Å²) in [4.78, 5) is 14.5. The number of benzene rings is 2. The zero-order valence-corrected chi connectivity index (χ0v) is 12.8. The topological polar surface area (TPSA) is 59.0 Å². The van der Waals surface area contributed by atoms with Gasteiger partial charge in [0.25, 0.3) is 5.91 Å². The lowest BCUT2D eigenvalue weighted by Gasteiger charge is -2.25. The van der Waals surface area contributed by atoms with Gasteiger partial charge in [0.1, 0.15) is 5.82 Å². The van der Waals surface area contributed by atoms with Crippen molar-refractivity contribution in [2.75, 3.05) is 13.3 Å². The maximum atomic E-state index is 13.1. The van der Waals surface area contributed by atoms with E-state index in [2.05, 4.69) is 0 Å². The highest BCUT2D eigenvalue weighted by Gasteiger charge is 2.36. The number of aliphatic hydroxyl groups excluding tert-OH is 1. The minimum absolute atomic E-state index is 0.146. The van der Waals surface area contributed by atoms with Crippen molar-refractivity contribution in [1.82, 2.24) is 4.90 Å². The Kier molecular flexibility index (Phi) is 3.61. The molecular weight excluding hydrogens is 313 g/mol. The lowest BCUT2D eigenvalue weighted by Crippen LogP contribution is -2.31. The molecule has 0 aliphatic carbocycles. The van der Waals surface area contributed by atoms with E-state index >= 15 is 0 Å². The van der Waals surface area contributed by atoms with Gasteiger partial charge in [0.15, 0.2) is 11.5 Å². The molecule has 2 aromatic carbocycles. The third-order valence-corrected chi connectivity index (χ3v) is 4.41. The average molecular weight is 329 g/mol. The summed E-state index contributed by atoms with van der Waals surface area (Å²) in [5, 5.41) is 10.0. The lowest BCUT2D eigenvalue weighted by atomic mass is 10.0. The van der Waals surface area contributed by atoms with Crippen LogP contribution in [0.5, 0.6) is 11.5 Å². The zero-order valence-electron chi connectivity index (χ0n) is 12.8. The van der Waals surface area contributed by atoms with E-state index in [0.29, 0.717) is 23.5 Å². The molecule has 6 heteroatoms. The molecule has 4 rings (SSSR count). The fraction of sp³-hybridized carbons (Fsp3) is 0.278. The van der Waals surface area contributed by atoms with E-state index in [-0.39, 0.29) is 31.1 Å². The number of likely N-dealkylation sites (tertiary alicyclic amines) is 1.